The Bertz CT molecular complexity index is 263. The summed E-state index contributed by atoms with van der Waals surface area (Å²) in [4.78, 5) is 2.50. The quantitative estimate of drug-likeness (QED) is 0.798. The maximum Gasteiger partial charge on any atom is 0.0710 e. The summed E-state index contributed by atoms with van der Waals surface area (Å²) >= 11 is 0. The SMILES string of the molecule is N[C@H]1CCN(CC2CCC3(CCCCC3)O2)C1. The maximum atomic E-state index is 6.40. The van der Waals surface area contributed by atoms with E-state index in [1.165, 1.54) is 51.5 Å². The first kappa shape index (κ1) is 11.9. The third kappa shape index (κ3) is 2.67. The van der Waals surface area contributed by atoms with Gasteiger partial charge in [0.1, 0.15) is 0 Å². The molecule has 1 unspecified atom stereocenters. The van der Waals surface area contributed by atoms with Gasteiger partial charge in [-0.05, 0) is 38.6 Å². The van der Waals surface area contributed by atoms with E-state index in [1.807, 2.05) is 0 Å². The molecule has 98 valence electrons. The van der Waals surface area contributed by atoms with Crippen molar-refractivity contribution in [1.29, 1.82) is 0 Å². The first-order valence-electron chi connectivity index (χ1n) is 7.42. The highest BCUT2D eigenvalue weighted by molar-refractivity contribution is 4.92. The highest BCUT2D eigenvalue weighted by Gasteiger charge is 2.41. The molecule has 17 heavy (non-hydrogen) atoms. The molecule has 2 atom stereocenters. The number of rotatable bonds is 2. The molecule has 1 aliphatic carbocycles. The van der Waals surface area contributed by atoms with Gasteiger partial charge in [0.15, 0.2) is 0 Å². The standard InChI is InChI=1S/C14H26N2O/c15-12-5-9-16(10-12)11-13-4-8-14(17-13)6-2-1-3-7-14/h12-13H,1-11,15H2/t12-,13?/m0/s1. The second kappa shape index (κ2) is 4.87. The average molecular weight is 238 g/mol. The smallest absolute Gasteiger partial charge is 0.0710 e. The summed E-state index contributed by atoms with van der Waals surface area (Å²) < 4.78 is 6.40. The van der Waals surface area contributed by atoms with E-state index in [1.54, 1.807) is 0 Å². The molecule has 0 aromatic carbocycles. The van der Waals surface area contributed by atoms with Crippen molar-refractivity contribution in [2.24, 2.45) is 5.73 Å². The fraction of sp³-hybridized carbons (Fsp3) is 1.00. The number of ether oxygens (including phenoxy) is 1. The Morgan fingerprint density at radius 3 is 2.65 bits per heavy atom. The van der Waals surface area contributed by atoms with Gasteiger partial charge in [-0.25, -0.2) is 0 Å². The van der Waals surface area contributed by atoms with Gasteiger partial charge in [0.2, 0.25) is 0 Å². The lowest BCUT2D eigenvalue weighted by molar-refractivity contribution is -0.0704. The first-order chi connectivity index (χ1) is 8.26. The van der Waals surface area contributed by atoms with Gasteiger partial charge in [-0.15, -0.1) is 0 Å². The van der Waals surface area contributed by atoms with E-state index >= 15 is 0 Å². The average Bonchev–Trinajstić information content (AvgIpc) is 2.89. The number of nitrogens with zero attached hydrogens (tertiary/aromatic N) is 1. The van der Waals surface area contributed by atoms with Crippen molar-refractivity contribution >= 4 is 0 Å². The van der Waals surface area contributed by atoms with Gasteiger partial charge in [0.05, 0.1) is 11.7 Å². The third-order valence-corrected chi connectivity index (χ3v) is 4.87. The minimum atomic E-state index is 0.282. The summed E-state index contributed by atoms with van der Waals surface area (Å²) in [6.45, 7) is 3.37. The molecule has 2 saturated heterocycles. The van der Waals surface area contributed by atoms with Gasteiger partial charge in [0.25, 0.3) is 0 Å². The Kier molecular flexibility index (Phi) is 3.42. The van der Waals surface area contributed by atoms with Crippen molar-refractivity contribution in [3.8, 4) is 0 Å². The maximum absolute atomic E-state index is 6.40. The van der Waals surface area contributed by atoms with Crippen LogP contribution in [0.2, 0.25) is 0 Å². The molecular weight excluding hydrogens is 212 g/mol. The van der Waals surface area contributed by atoms with E-state index in [-0.39, 0.29) is 5.60 Å². The first-order valence-corrected chi connectivity index (χ1v) is 7.42. The predicted octanol–water partition coefficient (Wildman–Crippen LogP) is 1.90. The molecule has 3 nitrogen and oxygen atoms in total. The van der Waals surface area contributed by atoms with Crippen LogP contribution in [0.4, 0.5) is 0 Å². The topological polar surface area (TPSA) is 38.5 Å². The molecule has 3 heteroatoms. The van der Waals surface area contributed by atoms with Crippen LogP contribution in [0.3, 0.4) is 0 Å². The zero-order valence-corrected chi connectivity index (χ0v) is 10.9. The molecule has 0 amide bonds. The lowest BCUT2D eigenvalue weighted by atomic mass is 9.83. The zero-order valence-electron chi connectivity index (χ0n) is 10.9. The Hall–Kier alpha value is -0.120. The summed E-state index contributed by atoms with van der Waals surface area (Å²) in [6, 6.07) is 0.403. The second-order valence-corrected chi connectivity index (χ2v) is 6.33. The van der Waals surface area contributed by atoms with E-state index in [0.29, 0.717) is 12.1 Å². The summed E-state index contributed by atoms with van der Waals surface area (Å²) in [5.41, 5.74) is 6.24. The highest BCUT2D eigenvalue weighted by Crippen LogP contribution is 2.42. The molecule has 0 radical (unpaired) electrons. The van der Waals surface area contributed by atoms with Gasteiger partial charge in [-0.1, -0.05) is 19.3 Å². The second-order valence-electron chi connectivity index (χ2n) is 6.33. The molecule has 2 N–H and O–H groups in total. The molecule has 1 spiro atoms. The van der Waals surface area contributed by atoms with Gasteiger partial charge >= 0.3 is 0 Å². The molecule has 3 aliphatic rings. The fourth-order valence-corrected chi connectivity index (χ4v) is 3.90. The minimum absolute atomic E-state index is 0.282. The number of nitrogens with two attached hydrogens (primary N) is 1. The van der Waals surface area contributed by atoms with Gasteiger partial charge in [-0.2, -0.15) is 0 Å². The Balaban J connectivity index is 1.50. The van der Waals surface area contributed by atoms with Gasteiger partial charge in [-0.3, -0.25) is 4.90 Å². The number of hydrogen-bond donors (Lipinski definition) is 1. The normalized spacial score (nSPS) is 37.9. The molecule has 3 rings (SSSR count). The van der Waals surface area contributed by atoms with Crippen molar-refractivity contribution in [1.82, 2.24) is 4.90 Å². The molecule has 2 aliphatic heterocycles. The van der Waals surface area contributed by atoms with Crippen molar-refractivity contribution in [2.75, 3.05) is 19.6 Å². The monoisotopic (exact) mass is 238 g/mol. The lowest BCUT2D eigenvalue weighted by Gasteiger charge is -2.34. The van der Waals surface area contributed by atoms with E-state index < -0.39 is 0 Å². The van der Waals surface area contributed by atoms with Crippen LogP contribution in [-0.2, 0) is 4.74 Å². The predicted molar refractivity (Wildman–Crippen MR) is 69.0 cm³/mol. The highest BCUT2D eigenvalue weighted by atomic mass is 16.5. The van der Waals surface area contributed by atoms with Gasteiger partial charge in [0, 0.05) is 19.1 Å². The Labute approximate surface area is 105 Å². The summed E-state index contributed by atoms with van der Waals surface area (Å²) in [7, 11) is 0. The minimum Gasteiger partial charge on any atom is -0.370 e. The molecule has 3 fully saturated rings. The molecule has 0 bridgehead atoms. The van der Waals surface area contributed by atoms with Gasteiger partial charge < -0.3 is 10.5 Å². The van der Waals surface area contributed by atoms with Crippen LogP contribution in [0.15, 0.2) is 0 Å². The molecule has 1 saturated carbocycles. The summed E-state index contributed by atoms with van der Waals surface area (Å²) in [6.07, 6.45) is 11.0. The van der Waals surface area contributed by atoms with Crippen LogP contribution in [0.1, 0.15) is 51.4 Å². The molecular formula is C14H26N2O. The van der Waals surface area contributed by atoms with E-state index in [4.69, 9.17) is 10.5 Å². The van der Waals surface area contributed by atoms with Crippen LogP contribution in [0.25, 0.3) is 0 Å². The van der Waals surface area contributed by atoms with Crippen molar-refractivity contribution in [3.63, 3.8) is 0 Å². The Morgan fingerprint density at radius 2 is 1.94 bits per heavy atom. The van der Waals surface area contributed by atoms with Crippen molar-refractivity contribution in [3.05, 3.63) is 0 Å². The molecule has 2 heterocycles. The van der Waals surface area contributed by atoms with Crippen LogP contribution < -0.4 is 5.73 Å². The van der Waals surface area contributed by atoms with Crippen LogP contribution in [0, 0.1) is 0 Å². The van der Waals surface area contributed by atoms with E-state index in [9.17, 15) is 0 Å². The summed E-state index contributed by atoms with van der Waals surface area (Å²) in [5.74, 6) is 0. The third-order valence-electron chi connectivity index (χ3n) is 4.87. The van der Waals surface area contributed by atoms with Crippen molar-refractivity contribution < 1.29 is 4.74 Å². The number of likely N-dealkylation sites (tertiary alicyclic amines) is 1. The van der Waals surface area contributed by atoms with Crippen LogP contribution in [-0.4, -0.2) is 42.3 Å². The number of hydrogen-bond acceptors (Lipinski definition) is 3. The fourth-order valence-electron chi connectivity index (χ4n) is 3.90. The van der Waals surface area contributed by atoms with Crippen LogP contribution in [0.5, 0.6) is 0 Å². The van der Waals surface area contributed by atoms with E-state index in [0.717, 1.165) is 19.5 Å². The molecule has 0 aromatic heterocycles. The van der Waals surface area contributed by atoms with Crippen LogP contribution >= 0.6 is 0 Å². The molecule has 0 aromatic rings. The Morgan fingerprint density at radius 1 is 1.12 bits per heavy atom. The summed E-state index contributed by atoms with van der Waals surface area (Å²) in [5, 5.41) is 0. The lowest BCUT2D eigenvalue weighted by Crippen LogP contribution is -2.36. The van der Waals surface area contributed by atoms with Crippen molar-refractivity contribution in [2.45, 2.75) is 69.1 Å². The van der Waals surface area contributed by atoms with E-state index in [2.05, 4.69) is 4.90 Å². The zero-order chi connectivity index (χ0) is 11.7. The largest absolute Gasteiger partial charge is 0.370 e.